The second-order valence-corrected chi connectivity index (χ2v) is 4.72. The molecule has 3 nitrogen and oxygen atoms in total. The van der Waals surface area contributed by atoms with Crippen LogP contribution in [0.3, 0.4) is 0 Å². The Bertz CT molecular complexity index is 180. The van der Waals surface area contributed by atoms with Crippen molar-refractivity contribution < 1.29 is 4.79 Å². The number of carbonyl (C=O) groups excluding carboxylic acids is 1. The molecule has 2 atom stereocenters. The van der Waals surface area contributed by atoms with Crippen LogP contribution < -0.4 is 5.32 Å². The van der Waals surface area contributed by atoms with Crippen LogP contribution in [0.1, 0.15) is 40.0 Å². The van der Waals surface area contributed by atoms with Crippen LogP contribution in [0.25, 0.3) is 0 Å². The van der Waals surface area contributed by atoms with Gasteiger partial charge in [-0.25, -0.2) is 0 Å². The highest BCUT2D eigenvalue weighted by molar-refractivity contribution is 5.73. The van der Waals surface area contributed by atoms with Crippen molar-refractivity contribution in [2.75, 3.05) is 20.6 Å². The third-order valence-electron chi connectivity index (χ3n) is 2.66. The first-order valence-electron chi connectivity index (χ1n) is 5.87. The summed E-state index contributed by atoms with van der Waals surface area (Å²) in [4.78, 5) is 13.1. The van der Waals surface area contributed by atoms with Gasteiger partial charge in [-0.05, 0) is 39.8 Å². The molecule has 1 amide bonds. The number of amides is 1. The van der Waals surface area contributed by atoms with Gasteiger partial charge in [0.05, 0.1) is 0 Å². The Morgan fingerprint density at radius 1 is 1.33 bits per heavy atom. The predicted octanol–water partition coefficient (Wildman–Crippen LogP) is 1.88. The number of hydrogen-bond donors (Lipinski definition) is 1. The first kappa shape index (κ1) is 14.4. The van der Waals surface area contributed by atoms with Crippen LogP contribution in [0.15, 0.2) is 0 Å². The molecule has 0 aromatic carbocycles. The molecule has 0 heterocycles. The van der Waals surface area contributed by atoms with Crippen LogP contribution in [0.4, 0.5) is 0 Å². The second-order valence-electron chi connectivity index (χ2n) is 4.72. The summed E-state index contributed by atoms with van der Waals surface area (Å²) < 4.78 is 0. The Kier molecular flexibility index (Phi) is 7.39. The van der Waals surface area contributed by atoms with Gasteiger partial charge in [0, 0.05) is 19.5 Å². The third-order valence-corrected chi connectivity index (χ3v) is 2.66. The van der Waals surface area contributed by atoms with E-state index in [2.05, 4.69) is 38.2 Å². The lowest BCUT2D eigenvalue weighted by atomic mass is 9.97. The summed E-state index contributed by atoms with van der Waals surface area (Å²) in [6.07, 6.45) is 3.48. The molecule has 0 saturated carbocycles. The fourth-order valence-corrected chi connectivity index (χ4v) is 1.85. The van der Waals surface area contributed by atoms with Crippen molar-refractivity contribution in [2.24, 2.45) is 5.92 Å². The topological polar surface area (TPSA) is 32.3 Å². The van der Waals surface area contributed by atoms with E-state index < -0.39 is 0 Å². The molecule has 0 aromatic heterocycles. The Labute approximate surface area is 94.2 Å². The van der Waals surface area contributed by atoms with Gasteiger partial charge >= 0.3 is 0 Å². The molecule has 0 aromatic rings. The summed E-state index contributed by atoms with van der Waals surface area (Å²) in [5.41, 5.74) is 0. The Balaban J connectivity index is 3.74. The minimum atomic E-state index is 0.0724. The molecule has 1 N–H and O–H groups in total. The summed E-state index contributed by atoms with van der Waals surface area (Å²) in [5.74, 6) is 0.819. The lowest BCUT2D eigenvalue weighted by molar-refractivity contribution is -0.119. The molecular weight excluding hydrogens is 188 g/mol. The molecule has 3 heteroatoms. The SMILES string of the molecule is CCC(CCC(C)NC(C)=O)CN(C)C. The molecular formula is C12H26N2O. The van der Waals surface area contributed by atoms with Crippen molar-refractivity contribution in [3.63, 3.8) is 0 Å². The molecule has 0 aliphatic heterocycles. The highest BCUT2D eigenvalue weighted by Crippen LogP contribution is 2.13. The van der Waals surface area contributed by atoms with Gasteiger partial charge in [-0.2, -0.15) is 0 Å². The van der Waals surface area contributed by atoms with Crippen LogP contribution in [0.2, 0.25) is 0 Å². The van der Waals surface area contributed by atoms with Crippen LogP contribution in [0, 0.1) is 5.92 Å². The zero-order valence-corrected chi connectivity index (χ0v) is 10.8. The Hall–Kier alpha value is -0.570. The number of carbonyl (C=O) groups is 1. The second kappa shape index (κ2) is 7.69. The van der Waals surface area contributed by atoms with Crippen LogP contribution in [-0.4, -0.2) is 37.5 Å². The first-order valence-corrected chi connectivity index (χ1v) is 5.87. The molecule has 0 aliphatic rings. The fourth-order valence-electron chi connectivity index (χ4n) is 1.85. The smallest absolute Gasteiger partial charge is 0.217 e. The van der Waals surface area contributed by atoms with Gasteiger partial charge in [-0.15, -0.1) is 0 Å². The van der Waals surface area contributed by atoms with Crippen molar-refractivity contribution in [1.82, 2.24) is 10.2 Å². The molecule has 0 bridgehead atoms. The minimum Gasteiger partial charge on any atom is -0.354 e. The number of rotatable bonds is 7. The zero-order chi connectivity index (χ0) is 11.8. The Morgan fingerprint density at radius 3 is 2.33 bits per heavy atom. The highest BCUT2D eigenvalue weighted by atomic mass is 16.1. The van der Waals surface area contributed by atoms with E-state index >= 15 is 0 Å². The quantitative estimate of drug-likeness (QED) is 0.702. The fraction of sp³-hybridized carbons (Fsp3) is 0.917. The van der Waals surface area contributed by atoms with Crippen molar-refractivity contribution in [1.29, 1.82) is 0 Å². The van der Waals surface area contributed by atoms with Crippen molar-refractivity contribution >= 4 is 5.91 Å². The normalized spacial score (nSPS) is 15.1. The van der Waals surface area contributed by atoms with Gasteiger partial charge < -0.3 is 10.2 Å². The van der Waals surface area contributed by atoms with Crippen LogP contribution in [-0.2, 0) is 4.79 Å². The van der Waals surface area contributed by atoms with Crippen molar-refractivity contribution in [2.45, 2.75) is 46.1 Å². The Morgan fingerprint density at radius 2 is 1.93 bits per heavy atom. The largest absolute Gasteiger partial charge is 0.354 e. The van der Waals surface area contributed by atoms with Crippen molar-refractivity contribution in [3.05, 3.63) is 0 Å². The lowest BCUT2D eigenvalue weighted by Crippen LogP contribution is -2.31. The van der Waals surface area contributed by atoms with E-state index in [0.717, 1.165) is 18.9 Å². The summed E-state index contributed by atoms with van der Waals surface area (Å²) >= 11 is 0. The minimum absolute atomic E-state index is 0.0724. The van der Waals surface area contributed by atoms with E-state index in [1.54, 1.807) is 6.92 Å². The average molecular weight is 214 g/mol. The molecule has 0 radical (unpaired) electrons. The molecule has 0 spiro atoms. The number of nitrogens with one attached hydrogen (secondary N) is 1. The summed E-state index contributed by atoms with van der Waals surface area (Å²) in [7, 11) is 4.22. The summed E-state index contributed by atoms with van der Waals surface area (Å²) in [5, 5.41) is 2.92. The molecule has 90 valence electrons. The number of hydrogen-bond acceptors (Lipinski definition) is 2. The number of nitrogens with zero attached hydrogens (tertiary/aromatic N) is 1. The average Bonchev–Trinajstić information content (AvgIpc) is 2.10. The molecule has 0 fully saturated rings. The molecule has 0 saturated heterocycles. The van der Waals surface area contributed by atoms with E-state index in [0.29, 0.717) is 6.04 Å². The van der Waals surface area contributed by atoms with Gasteiger partial charge in [-0.1, -0.05) is 13.3 Å². The van der Waals surface area contributed by atoms with Gasteiger partial charge in [0.25, 0.3) is 0 Å². The maximum Gasteiger partial charge on any atom is 0.217 e. The maximum atomic E-state index is 10.8. The van der Waals surface area contributed by atoms with Crippen molar-refractivity contribution in [3.8, 4) is 0 Å². The third kappa shape index (κ3) is 8.43. The van der Waals surface area contributed by atoms with Gasteiger partial charge in [0.1, 0.15) is 0 Å². The molecule has 0 aliphatic carbocycles. The predicted molar refractivity (Wildman–Crippen MR) is 64.8 cm³/mol. The maximum absolute atomic E-state index is 10.8. The summed E-state index contributed by atoms with van der Waals surface area (Å²) in [6.45, 7) is 7.03. The lowest BCUT2D eigenvalue weighted by Gasteiger charge is -2.21. The summed E-state index contributed by atoms with van der Waals surface area (Å²) in [6, 6.07) is 0.304. The highest BCUT2D eigenvalue weighted by Gasteiger charge is 2.10. The van der Waals surface area contributed by atoms with Crippen LogP contribution >= 0.6 is 0 Å². The van der Waals surface area contributed by atoms with Gasteiger partial charge in [0.15, 0.2) is 0 Å². The molecule has 2 unspecified atom stereocenters. The monoisotopic (exact) mass is 214 g/mol. The van der Waals surface area contributed by atoms with E-state index in [4.69, 9.17) is 0 Å². The molecule has 15 heavy (non-hydrogen) atoms. The molecule has 0 rings (SSSR count). The van der Waals surface area contributed by atoms with Gasteiger partial charge in [-0.3, -0.25) is 4.79 Å². The van der Waals surface area contributed by atoms with E-state index in [1.807, 2.05) is 0 Å². The van der Waals surface area contributed by atoms with Gasteiger partial charge in [0.2, 0.25) is 5.91 Å². The standard InChI is InChI=1S/C12H26N2O/c1-6-12(9-14(4)5)8-7-10(2)13-11(3)15/h10,12H,6-9H2,1-5H3,(H,13,15). The zero-order valence-electron chi connectivity index (χ0n) is 10.8. The van der Waals surface area contributed by atoms with E-state index in [-0.39, 0.29) is 5.91 Å². The van der Waals surface area contributed by atoms with E-state index in [9.17, 15) is 4.79 Å². The van der Waals surface area contributed by atoms with Crippen LogP contribution in [0.5, 0.6) is 0 Å². The van der Waals surface area contributed by atoms with E-state index in [1.165, 1.54) is 12.8 Å². The first-order chi connectivity index (χ1) is 6.95.